The quantitative estimate of drug-likeness (QED) is 0.597. The summed E-state index contributed by atoms with van der Waals surface area (Å²) in [6.45, 7) is 7.75. The minimum absolute atomic E-state index is 0.0985. The van der Waals surface area contributed by atoms with Crippen molar-refractivity contribution in [3.8, 4) is 0 Å². The summed E-state index contributed by atoms with van der Waals surface area (Å²) in [6, 6.07) is 0. The third-order valence-electron chi connectivity index (χ3n) is 10.4. The van der Waals surface area contributed by atoms with Crippen LogP contribution in [0.15, 0.2) is 0 Å². The molecule has 6 rings (SSSR count). The molecule has 158 valence electrons. The minimum atomic E-state index is -0.464. The summed E-state index contributed by atoms with van der Waals surface area (Å²) in [5.41, 5.74) is 0.441. The van der Waals surface area contributed by atoms with Crippen molar-refractivity contribution in [1.82, 2.24) is 0 Å². The van der Waals surface area contributed by atoms with Gasteiger partial charge in [-0.15, -0.1) is 0 Å². The molecule has 1 unspecified atom stereocenters. The Labute approximate surface area is 170 Å². The van der Waals surface area contributed by atoms with Crippen molar-refractivity contribution in [1.29, 1.82) is 0 Å². The number of hydrogen-bond donors (Lipinski definition) is 0. The molecule has 2 saturated heterocycles. The molecule has 4 heteroatoms. The lowest BCUT2D eigenvalue weighted by molar-refractivity contribution is -0.320. The van der Waals surface area contributed by atoms with Gasteiger partial charge in [0.05, 0.1) is 31.8 Å². The molecule has 28 heavy (non-hydrogen) atoms. The van der Waals surface area contributed by atoms with Gasteiger partial charge in [0.25, 0.3) is 0 Å². The fraction of sp³-hybridized carbons (Fsp3) is 1.00. The van der Waals surface area contributed by atoms with Crippen molar-refractivity contribution in [2.24, 2.45) is 40.4 Å². The Balaban J connectivity index is 1.42. The van der Waals surface area contributed by atoms with E-state index in [0.717, 1.165) is 36.5 Å². The normalized spacial score (nSPS) is 58.5. The summed E-state index contributed by atoms with van der Waals surface area (Å²) < 4.78 is 25.7. The van der Waals surface area contributed by atoms with E-state index in [1.165, 1.54) is 44.9 Å². The lowest BCUT2D eigenvalue weighted by Gasteiger charge is -2.63. The highest BCUT2D eigenvalue weighted by molar-refractivity contribution is 5.16. The second-order valence-electron chi connectivity index (χ2n) is 11.1. The molecular weight excluding hydrogens is 352 g/mol. The van der Waals surface area contributed by atoms with Gasteiger partial charge in [0.2, 0.25) is 0 Å². The van der Waals surface area contributed by atoms with Gasteiger partial charge in [0.1, 0.15) is 0 Å². The lowest BCUT2D eigenvalue weighted by Crippen LogP contribution is -2.63. The van der Waals surface area contributed by atoms with E-state index in [0.29, 0.717) is 37.8 Å². The van der Waals surface area contributed by atoms with Crippen LogP contribution in [0.1, 0.15) is 71.6 Å². The first kappa shape index (κ1) is 18.6. The number of rotatable bonds is 0. The van der Waals surface area contributed by atoms with E-state index < -0.39 is 5.79 Å². The highest BCUT2D eigenvalue weighted by atomic mass is 16.8. The molecule has 6 aliphatic rings. The van der Waals surface area contributed by atoms with Crippen LogP contribution in [0.2, 0.25) is 0 Å². The predicted octanol–water partition coefficient (Wildman–Crippen LogP) is 4.76. The maximum Gasteiger partial charge on any atom is 0.179 e. The first-order chi connectivity index (χ1) is 13.6. The molecule has 7 atom stereocenters. The summed E-state index contributed by atoms with van der Waals surface area (Å²) in [5, 5.41) is 0. The van der Waals surface area contributed by atoms with Gasteiger partial charge in [-0.3, -0.25) is 0 Å². The van der Waals surface area contributed by atoms with E-state index >= 15 is 0 Å². The smallest absolute Gasteiger partial charge is 0.179 e. The van der Waals surface area contributed by atoms with Gasteiger partial charge in [0.15, 0.2) is 12.1 Å². The summed E-state index contributed by atoms with van der Waals surface area (Å²) in [4.78, 5) is 0. The molecule has 0 N–H and O–H groups in total. The maximum absolute atomic E-state index is 6.54. The zero-order chi connectivity index (χ0) is 19.0. The second kappa shape index (κ2) is 6.42. The largest absolute Gasteiger partial charge is 0.349 e. The van der Waals surface area contributed by atoms with Gasteiger partial charge in [0, 0.05) is 6.42 Å². The summed E-state index contributed by atoms with van der Waals surface area (Å²) >= 11 is 0. The third-order valence-corrected chi connectivity index (χ3v) is 10.4. The van der Waals surface area contributed by atoms with E-state index in [1.54, 1.807) is 0 Å². The molecule has 4 saturated carbocycles. The first-order valence-corrected chi connectivity index (χ1v) is 12.1. The van der Waals surface area contributed by atoms with Gasteiger partial charge in [-0.2, -0.15) is 0 Å². The topological polar surface area (TPSA) is 36.9 Å². The highest BCUT2D eigenvalue weighted by Gasteiger charge is 2.73. The molecule has 1 spiro atoms. The maximum atomic E-state index is 6.54. The molecule has 6 fully saturated rings. The van der Waals surface area contributed by atoms with Crippen molar-refractivity contribution in [3.05, 3.63) is 0 Å². The zero-order valence-electron chi connectivity index (χ0n) is 17.8. The van der Waals surface area contributed by atoms with Crippen LogP contribution < -0.4 is 0 Å². The fourth-order valence-electron chi connectivity index (χ4n) is 9.50. The molecule has 0 aromatic rings. The van der Waals surface area contributed by atoms with Crippen molar-refractivity contribution >= 4 is 0 Å². The van der Waals surface area contributed by atoms with Crippen molar-refractivity contribution in [2.45, 2.75) is 83.7 Å². The van der Waals surface area contributed by atoms with Gasteiger partial charge in [-0.25, -0.2) is 0 Å². The Morgan fingerprint density at radius 1 is 0.750 bits per heavy atom. The second-order valence-corrected chi connectivity index (χ2v) is 11.1. The molecule has 0 aromatic heterocycles. The van der Waals surface area contributed by atoms with Crippen LogP contribution in [-0.4, -0.2) is 38.5 Å². The van der Waals surface area contributed by atoms with Gasteiger partial charge in [-0.05, 0) is 73.5 Å². The molecule has 2 bridgehead atoms. The van der Waals surface area contributed by atoms with E-state index in [9.17, 15) is 0 Å². The van der Waals surface area contributed by atoms with Crippen LogP contribution in [0.5, 0.6) is 0 Å². The van der Waals surface area contributed by atoms with Crippen LogP contribution in [-0.2, 0) is 18.9 Å². The summed E-state index contributed by atoms with van der Waals surface area (Å²) in [6.07, 6.45) is 11.7. The molecule has 4 aliphatic carbocycles. The van der Waals surface area contributed by atoms with Crippen LogP contribution >= 0.6 is 0 Å². The summed E-state index contributed by atoms with van der Waals surface area (Å²) in [7, 11) is 0. The average molecular weight is 391 g/mol. The van der Waals surface area contributed by atoms with Crippen LogP contribution in [0.25, 0.3) is 0 Å². The third kappa shape index (κ3) is 2.22. The Morgan fingerprint density at radius 3 is 2.29 bits per heavy atom. The molecule has 2 heterocycles. The first-order valence-electron chi connectivity index (χ1n) is 12.1. The molecule has 2 aliphatic heterocycles. The Morgan fingerprint density at radius 2 is 1.50 bits per heavy atom. The molecule has 0 aromatic carbocycles. The van der Waals surface area contributed by atoms with Gasteiger partial charge in [-0.1, -0.05) is 26.7 Å². The Bertz CT molecular complexity index is 610. The molecule has 0 radical (unpaired) electrons. The Kier molecular flexibility index (Phi) is 4.26. The number of ether oxygens (including phenoxy) is 4. The SMILES string of the molecule is CC1C[C@@H]2[C@H](CC[C@]34C5OCCOC3(CC[C@@H]24)OCCO5)[C@@]2(C)CCCC[C@H]12. The van der Waals surface area contributed by atoms with Crippen molar-refractivity contribution < 1.29 is 18.9 Å². The minimum Gasteiger partial charge on any atom is -0.349 e. The van der Waals surface area contributed by atoms with Gasteiger partial charge >= 0.3 is 0 Å². The number of fused-ring (bicyclic) bond motifs is 4. The predicted molar refractivity (Wildman–Crippen MR) is 106 cm³/mol. The zero-order valence-corrected chi connectivity index (χ0v) is 17.8. The summed E-state index contributed by atoms with van der Waals surface area (Å²) in [5.74, 6) is 3.58. The van der Waals surface area contributed by atoms with Crippen LogP contribution in [0, 0.1) is 40.4 Å². The van der Waals surface area contributed by atoms with Crippen LogP contribution in [0.4, 0.5) is 0 Å². The average Bonchev–Trinajstić information content (AvgIpc) is 2.86. The van der Waals surface area contributed by atoms with E-state index in [-0.39, 0.29) is 11.7 Å². The monoisotopic (exact) mass is 390 g/mol. The standard InChI is InChI=1S/C24H38O4/c1-16-15-17-19(22(2)8-4-3-5-18(16)22)6-9-23-20(17)7-10-24(23)27-13-11-25-21(23)26-12-14-28-24/h16-21H,3-15H2,1-2H3/t16?,17-,18-,19+,20+,21?,22+,23+,24?/m1/s1. The van der Waals surface area contributed by atoms with Gasteiger partial charge < -0.3 is 18.9 Å². The molecule has 4 nitrogen and oxygen atoms in total. The van der Waals surface area contributed by atoms with Crippen LogP contribution in [0.3, 0.4) is 0 Å². The van der Waals surface area contributed by atoms with E-state index in [2.05, 4.69) is 13.8 Å². The van der Waals surface area contributed by atoms with E-state index in [4.69, 9.17) is 18.9 Å². The highest BCUT2D eigenvalue weighted by Crippen LogP contribution is 2.71. The molecule has 0 amide bonds. The molecular formula is C24H38O4. The number of hydrogen-bond acceptors (Lipinski definition) is 4. The van der Waals surface area contributed by atoms with Crippen molar-refractivity contribution in [2.75, 3.05) is 26.4 Å². The fourth-order valence-corrected chi connectivity index (χ4v) is 9.50. The Hall–Kier alpha value is -0.160. The van der Waals surface area contributed by atoms with Crippen molar-refractivity contribution in [3.63, 3.8) is 0 Å². The lowest BCUT2D eigenvalue weighted by atomic mass is 9.43. The van der Waals surface area contributed by atoms with E-state index in [1.807, 2.05) is 0 Å².